The lowest BCUT2D eigenvalue weighted by molar-refractivity contribution is 0.263. The number of ether oxygens (including phenoxy) is 2. The van der Waals surface area contributed by atoms with Gasteiger partial charge in [-0.15, -0.1) is 0 Å². The molecule has 0 spiro atoms. The van der Waals surface area contributed by atoms with Gasteiger partial charge in [0.15, 0.2) is 0 Å². The molecule has 4 rings (SSSR count). The molecule has 0 bridgehead atoms. The maximum atomic E-state index is 6.93. The summed E-state index contributed by atoms with van der Waals surface area (Å²) in [6, 6.07) is 30.3. The monoisotopic (exact) mass is 403 g/mol. The minimum Gasteiger partial charge on any atom is -0.534 e. The van der Waals surface area contributed by atoms with Gasteiger partial charge in [0.1, 0.15) is 24.2 Å². The highest BCUT2D eigenvalue weighted by atomic mass is 28.4. The van der Waals surface area contributed by atoms with Crippen molar-refractivity contribution in [1.29, 1.82) is 0 Å². The molecule has 3 aromatic carbocycles. The van der Waals surface area contributed by atoms with E-state index < -0.39 is 8.32 Å². The zero-order valence-corrected chi connectivity index (χ0v) is 18.2. The average molecular weight is 404 g/mol. The van der Waals surface area contributed by atoms with E-state index in [9.17, 15) is 0 Å². The number of benzene rings is 3. The Balaban J connectivity index is 1.72. The number of rotatable bonds is 7. The lowest BCUT2D eigenvalue weighted by atomic mass is 10.2. The third-order valence-electron chi connectivity index (χ3n) is 5.27. The van der Waals surface area contributed by atoms with Crippen LogP contribution in [-0.2, 0) is 4.74 Å². The molecule has 1 atom stereocenters. The topological polar surface area (TPSA) is 31.0 Å². The van der Waals surface area contributed by atoms with E-state index in [0.29, 0.717) is 6.61 Å². The normalized spacial score (nSPS) is 16.3. The average Bonchev–Trinajstić information content (AvgIpc) is 3.56. The Bertz CT molecular complexity index is 874. The number of hydrogen-bond acceptors (Lipinski definition) is 3. The third-order valence-corrected chi connectivity index (χ3v) is 10.2. The summed E-state index contributed by atoms with van der Waals surface area (Å²) < 4.78 is 17.9. The molecule has 1 aliphatic heterocycles. The molecule has 1 aliphatic rings. The molecule has 29 heavy (non-hydrogen) atoms. The highest BCUT2D eigenvalue weighted by Gasteiger charge is 2.52. The first-order chi connectivity index (χ1) is 14.0. The van der Waals surface area contributed by atoms with Gasteiger partial charge in [0.25, 0.3) is 0 Å². The molecular weight excluding hydrogens is 376 g/mol. The van der Waals surface area contributed by atoms with E-state index in [2.05, 4.69) is 87.5 Å². The molecule has 0 amide bonds. The summed E-state index contributed by atoms with van der Waals surface area (Å²) in [5.74, 6) is 1.53. The molecule has 0 aliphatic carbocycles. The van der Waals surface area contributed by atoms with E-state index in [1.165, 1.54) is 10.4 Å². The first-order valence-electron chi connectivity index (χ1n) is 10.1. The highest BCUT2D eigenvalue weighted by Crippen LogP contribution is 2.37. The van der Waals surface area contributed by atoms with Crippen LogP contribution in [0.15, 0.2) is 78.9 Å². The van der Waals surface area contributed by atoms with Crippen molar-refractivity contribution in [3.63, 3.8) is 0 Å². The van der Waals surface area contributed by atoms with E-state index in [0.717, 1.165) is 18.1 Å². The highest BCUT2D eigenvalue weighted by molar-refractivity contribution is 7.00. The first kappa shape index (κ1) is 19.7. The van der Waals surface area contributed by atoms with Gasteiger partial charge >= 0.3 is 8.32 Å². The van der Waals surface area contributed by atoms with Crippen LogP contribution in [0, 0.1) is 6.07 Å². The Hall–Kier alpha value is -2.56. The second-order valence-electron chi connectivity index (χ2n) is 8.42. The molecule has 0 saturated carbocycles. The van der Waals surface area contributed by atoms with Crippen LogP contribution in [0.4, 0.5) is 0 Å². The van der Waals surface area contributed by atoms with Gasteiger partial charge in [0, 0.05) is 6.07 Å². The van der Waals surface area contributed by atoms with E-state index in [4.69, 9.17) is 13.9 Å². The predicted molar refractivity (Wildman–Crippen MR) is 119 cm³/mol. The molecule has 0 aromatic heterocycles. The van der Waals surface area contributed by atoms with Crippen molar-refractivity contribution in [2.24, 2.45) is 0 Å². The van der Waals surface area contributed by atoms with Crippen LogP contribution in [0.2, 0.25) is 5.04 Å². The molecule has 1 saturated heterocycles. The largest absolute Gasteiger partial charge is 0.534 e. The van der Waals surface area contributed by atoms with Gasteiger partial charge in [-0.2, -0.15) is 0 Å². The van der Waals surface area contributed by atoms with Gasteiger partial charge in [-0.3, -0.25) is 0 Å². The van der Waals surface area contributed by atoms with Crippen molar-refractivity contribution in [1.82, 2.24) is 0 Å². The fourth-order valence-corrected chi connectivity index (χ4v) is 8.11. The molecule has 3 aromatic rings. The maximum absolute atomic E-state index is 6.93. The van der Waals surface area contributed by atoms with Gasteiger partial charge in [0.05, 0.1) is 6.61 Å². The molecule has 4 heteroatoms. The zero-order chi connectivity index (χ0) is 20.3. The van der Waals surface area contributed by atoms with Crippen LogP contribution in [0.25, 0.3) is 0 Å². The Morgan fingerprint density at radius 1 is 0.931 bits per heavy atom. The third kappa shape index (κ3) is 4.24. The summed E-state index contributed by atoms with van der Waals surface area (Å²) in [7, 11) is -2.63. The van der Waals surface area contributed by atoms with Crippen molar-refractivity contribution in [2.45, 2.75) is 31.9 Å². The van der Waals surface area contributed by atoms with Crippen LogP contribution < -0.4 is 19.5 Å². The van der Waals surface area contributed by atoms with Crippen molar-refractivity contribution < 1.29 is 13.9 Å². The second-order valence-corrected chi connectivity index (χ2v) is 12.6. The maximum Gasteiger partial charge on any atom is 0.319 e. The van der Waals surface area contributed by atoms with E-state index >= 15 is 0 Å². The molecule has 3 nitrogen and oxygen atoms in total. The van der Waals surface area contributed by atoms with Crippen LogP contribution in [0.1, 0.15) is 20.8 Å². The van der Waals surface area contributed by atoms with Crippen LogP contribution >= 0.6 is 0 Å². The second kappa shape index (κ2) is 8.05. The zero-order valence-electron chi connectivity index (χ0n) is 17.2. The summed E-state index contributed by atoms with van der Waals surface area (Å²) in [5.41, 5.74) is 0. The Morgan fingerprint density at radius 3 is 1.97 bits per heavy atom. The van der Waals surface area contributed by atoms with Gasteiger partial charge in [-0.25, -0.2) is 0 Å². The van der Waals surface area contributed by atoms with Gasteiger partial charge in [0.2, 0.25) is 0 Å². The predicted octanol–water partition coefficient (Wildman–Crippen LogP) is 4.20. The molecule has 0 unspecified atom stereocenters. The summed E-state index contributed by atoms with van der Waals surface area (Å²) in [6.07, 6.45) is 0.239. The van der Waals surface area contributed by atoms with Crippen LogP contribution in [0.3, 0.4) is 0 Å². The quantitative estimate of drug-likeness (QED) is 0.438. The summed E-state index contributed by atoms with van der Waals surface area (Å²) >= 11 is 0. The van der Waals surface area contributed by atoms with E-state index in [-0.39, 0.29) is 11.1 Å². The Morgan fingerprint density at radius 2 is 1.52 bits per heavy atom. The molecule has 1 radical (unpaired) electrons. The Kier molecular flexibility index (Phi) is 5.48. The van der Waals surface area contributed by atoms with Crippen molar-refractivity contribution in [2.75, 3.05) is 13.2 Å². The molecule has 0 N–H and O–H groups in total. The molecule has 1 fully saturated rings. The van der Waals surface area contributed by atoms with Gasteiger partial charge in [-0.1, -0.05) is 81.4 Å². The summed E-state index contributed by atoms with van der Waals surface area (Å²) in [4.78, 5) is 0. The molecule has 149 valence electrons. The lowest BCUT2D eigenvalue weighted by Crippen LogP contribution is -2.68. The minimum atomic E-state index is -2.63. The van der Waals surface area contributed by atoms with Crippen molar-refractivity contribution in [3.05, 3.63) is 84.9 Å². The van der Waals surface area contributed by atoms with Crippen LogP contribution in [-0.4, -0.2) is 27.6 Å². The fraction of sp³-hybridized carbons (Fsp3) is 0.280. The Labute approximate surface area is 174 Å². The lowest BCUT2D eigenvalue weighted by Gasteiger charge is -2.42. The molecular formula is C25H27O3Si. The van der Waals surface area contributed by atoms with Crippen molar-refractivity contribution in [3.8, 4) is 11.5 Å². The summed E-state index contributed by atoms with van der Waals surface area (Å²) in [5, 5.41) is 2.42. The summed E-state index contributed by atoms with van der Waals surface area (Å²) in [6.45, 7) is 8.19. The van der Waals surface area contributed by atoms with Gasteiger partial charge in [-0.05, 0) is 33.6 Å². The first-order valence-corrected chi connectivity index (χ1v) is 12.0. The van der Waals surface area contributed by atoms with Crippen LogP contribution in [0.5, 0.6) is 11.5 Å². The number of epoxide rings is 1. The SMILES string of the molecule is CC(C)(C)[Si](Oc1[c]cc(OC[C@@H]2CO2)cc1)(c1ccccc1)c1ccccc1. The standard InChI is InChI=1S/C25H27O3Si/c1-25(2,3)29(23-10-6-4-7-11-23,24-12-8-5-9-13-24)28-21-16-14-20(15-17-21)26-18-22-19-27-22/h4-16,22H,18-19H2,1-3H3/t22-/m1/s1. The molecule has 1 heterocycles. The number of hydrogen-bond donors (Lipinski definition) is 0. The minimum absolute atomic E-state index is 0.0813. The van der Waals surface area contributed by atoms with E-state index in [1.54, 1.807) is 0 Å². The van der Waals surface area contributed by atoms with E-state index in [1.807, 2.05) is 18.2 Å². The van der Waals surface area contributed by atoms with Crippen molar-refractivity contribution >= 4 is 18.7 Å². The fourth-order valence-electron chi connectivity index (χ4n) is 3.72. The smallest absolute Gasteiger partial charge is 0.319 e. The van der Waals surface area contributed by atoms with Gasteiger partial charge < -0.3 is 13.9 Å².